The monoisotopic (exact) mass is 495 g/mol. The molecule has 1 unspecified atom stereocenters. The minimum Gasteiger partial charge on any atom is -0.395 e. The highest BCUT2D eigenvalue weighted by Gasteiger charge is 2.43. The Morgan fingerprint density at radius 2 is 2.06 bits per heavy atom. The molecule has 5 N–H and O–H groups in total. The van der Waals surface area contributed by atoms with Crippen LogP contribution in [0.4, 0.5) is 23.8 Å². The lowest BCUT2D eigenvalue weighted by atomic mass is 10.1. The van der Waals surface area contributed by atoms with E-state index in [0.717, 1.165) is 0 Å². The van der Waals surface area contributed by atoms with Crippen LogP contribution in [0, 0.1) is 0 Å². The number of pyridine rings is 1. The zero-order chi connectivity index (χ0) is 25.2. The smallest absolute Gasteiger partial charge is 0.395 e. The van der Waals surface area contributed by atoms with Crippen LogP contribution in [0.1, 0.15) is 16.8 Å². The van der Waals surface area contributed by atoms with E-state index in [-0.39, 0.29) is 30.6 Å². The van der Waals surface area contributed by atoms with Crippen LogP contribution in [0.25, 0.3) is 0 Å². The van der Waals surface area contributed by atoms with E-state index >= 15 is 0 Å². The number of carbonyl (C=O) groups excluding carboxylic acids is 3. The lowest BCUT2D eigenvalue weighted by molar-refractivity contribution is -0.138. The first kappa shape index (κ1) is 24.3. The van der Waals surface area contributed by atoms with Crippen molar-refractivity contribution >= 4 is 23.7 Å². The first-order chi connectivity index (χ1) is 16.7. The van der Waals surface area contributed by atoms with Gasteiger partial charge in [0.05, 0.1) is 18.3 Å². The van der Waals surface area contributed by atoms with Gasteiger partial charge in [-0.05, 0) is 24.6 Å². The van der Waals surface area contributed by atoms with Crippen molar-refractivity contribution < 1.29 is 32.7 Å². The van der Waals surface area contributed by atoms with Crippen molar-refractivity contribution in [2.24, 2.45) is 0 Å². The molecule has 188 valence electrons. The fourth-order valence-electron chi connectivity index (χ4n) is 4.14. The van der Waals surface area contributed by atoms with Crippen molar-refractivity contribution in [2.75, 3.05) is 38.1 Å². The topological polar surface area (TPSA) is 139 Å². The molecule has 0 aromatic carbocycles. The van der Waals surface area contributed by atoms with Crippen LogP contribution in [0.5, 0.6) is 0 Å². The average Bonchev–Trinajstić information content (AvgIpc) is 3.24. The number of hydrogen-bond donors (Lipinski definition) is 5. The van der Waals surface area contributed by atoms with Crippen LogP contribution in [0.3, 0.4) is 0 Å². The Balaban J connectivity index is 1.50. The van der Waals surface area contributed by atoms with Gasteiger partial charge in [0.15, 0.2) is 0 Å². The fourth-order valence-corrected chi connectivity index (χ4v) is 4.14. The molecule has 35 heavy (non-hydrogen) atoms. The van der Waals surface area contributed by atoms with Crippen LogP contribution in [-0.4, -0.2) is 88.8 Å². The molecule has 3 aliphatic heterocycles. The van der Waals surface area contributed by atoms with E-state index in [9.17, 15) is 27.6 Å². The molecular weight excluding hydrogens is 471 g/mol. The molecule has 0 radical (unpaired) electrons. The molecule has 3 aliphatic rings. The summed E-state index contributed by atoms with van der Waals surface area (Å²) in [6.07, 6.45) is 0.532. The third-order valence-electron chi connectivity index (χ3n) is 5.71. The predicted octanol–water partition coefficient (Wildman–Crippen LogP) is 0.101. The highest BCUT2D eigenvalue weighted by atomic mass is 19.4. The number of halogens is 3. The van der Waals surface area contributed by atoms with E-state index < -0.39 is 36.6 Å². The predicted molar refractivity (Wildman–Crippen MR) is 117 cm³/mol. The summed E-state index contributed by atoms with van der Waals surface area (Å²) < 4.78 is 37.5. The number of rotatable bonds is 6. The van der Waals surface area contributed by atoms with Crippen LogP contribution < -0.4 is 21.3 Å². The number of aromatic nitrogens is 1. The third kappa shape index (κ3) is 5.48. The number of carbonyl (C=O) groups is 3. The largest absolute Gasteiger partial charge is 0.405 e. The number of allylic oxidation sites excluding steroid dienone is 1. The number of aliphatic hydroxyl groups is 1. The summed E-state index contributed by atoms with van der Waals surface area (Å²) in [5, 5.41) is 18.8. The van der Waals surface area contributed by atoms with Crippen molar-refractivity contribution in [3.05, 3.63) is 47.6 Å². The molecule has 1 fully saturated rings. The van der Waals surface area contributed by atoms with Gasteiger partial charge in [-0.2, -0.15) is 13.2 Å². The van der Waals surface area contributed by atoms with Gasteiger partial charge in [0.1, 0.15) is 24.2 Å². The number of dihydropyridines is 1. The maximum absolute atomic E-state index is 13.3. The van der Waals surface area contributed by atoms with Gasteiger partial charge in [-0.25, -0.2) is 9.78 Å². The molecule has 4 rings (SSSR count). The molecule has 0 saturated carbocycles. The van der Waals surface area contributed by atoms with E-state index in [1.807, 2.05) is 10.2 Å². The van der Waals surface area contributed by atoms with E-state index in [1.165, 1.54) is 29.3 Å². The summed E-state index contributed by atoms with van der Waals surface area (Å²) in [5.74, 6) is -0.900. The number of amides is 4. The summed E-state index contributed by atoms with van der Waals surface area (Å²) in [5.41, 5.74) is 0.883. The molecule has 2 bridgehead atoms. The number of aliphatic hydroxyl groups excluding tert-OH is 1. The Bertz CT molecular complexity index is 1080. The second-order valence-corrected chi connectivity index (χ2v) is 8.15. The lowest BCUT2D eigenvalue weighted by Crippen LogP contribution is -2.56. The zero-order valence-electron chi connectivity index (χ0n) is 18.4. The molecule has 0 spiro atoms. The molecule has 4 amide bonds. The van der Waals surface area contributed by atoms with E-state index in [4.69, 9.17) is 5.11 Å². The van der Waals surface area contributed by atoms with Gasteiger partial charge < -0.3 is 26.0 Å². The standard InChI is InChI=1S/C21H24F3N7O4/c22-21(23,24)11-27-19(34)14-1-2-15-17(28-14)31(13-4-7-30(15)10-13)20(35)29-16-9-12(3-5-25-16)18(33)26-6-8-32/h1-3,5,9,13-14,28,32H,4,6-8,10-11H2,(H,26,33)(H,27,34)(H,25,29,35)/t13-,14?/m0/s1. The highest BCUT2D eigenvalue weighted by molar-refractivity contribution is 5.96. The SMILES string of the molecule is O=C(NCCO)c1ccnc(NC(=O)N2C3=C(C=CC(C(=O)NCC(F)(F)F)N3)N3CC[C@H]2C3)c1. The number of nitrogens with one attached hydrogen (secondary N) is 4. The minimum absolute atomic E-state index is 0.0721. The Morgan fingerprint density at radius 1 is 1.26 bits per heavy atom. The van der Waals surface area contributed by atoms with Crippen molar-refractivity contribution in [1.29, 1.82) is 0 Å². The molecular formula is C21H24F3N7O4. The van der Waals surface area contributed by atoms with Gasteiger partial charge in [-0.15, -0.1) is 0 Å². The van der Waals surface area contributed by atoms with Crippen molar-refractivity contribution in [3.63, 3.8) is 0 Å². The molecule has 1 saturated heterocycles. The van der Waals surface area contributed by atoms with Gasteiger partial charge in [0, 0.05) is 31.4 Å². The number of urea groups is 1. The molecule has 0 aliphatic carbocycles. The summed E-state index contributed by atoms with van der Waals surface area (Å²) in [4.78, 5) is 45.2. The van der Waals surface area contributed by atoms with Gasteiger partial charge in [-0.3, -0.25) is 19.8 Å². The molecule has 11 nitrogen and oxygen atoms in total. The second-order valence-electron chi connectivity index (χ2n) is 8.15. The maximum Gasteiger partial charge on any atom is 0.405 e. The Kier molecular flexibility index (Phi) is 6.82. The van der Waals surface area contributed by atoms with Crippen LogP contribution in [-0.2, 0) is 4.79 Å². The number of fused-ring (bicyclic) bond motifs is 3. The highest BCUT2D eigenvalue weighted by Crippen LogP contribution is 2.33. The first-order valence-electron chi connectivity index (χ1n) is 10.9. The second kappa shape index (κ2) is 9.82. The molecule has 2 atom stereocenters. The van der Waals surface area contributed by atoms with Crippen LogP contribution in [0.15, 0.2) is 42.0 Å². The van der Waals surface area contributed by atoms with Gasteiger partial charge in [0.25, 0.3) is 5.91 Å². The quantitative estimate of drug-likeness (QED) is 0.377. The van der Waals surface area contributed by atoms with Crippen molar-refractivity contribution in [1.82, 2.24) is 30.7 Å². The Morgan fingerprint density at radius 3 is 2.80 bits per heavy atom. The summed E-state index contributed by atoms with van der Waals surface area (Å²) in [7, 11) is 0. The van der Waals surface area contributed by atoms with Gasteiger partial charge in [-0.1, -0.05) is 6.08 Å². The van der Waals surface area contributed by atoms with Crippen LogP contribution in [0.2, 0.25) is 0 Å². The Hall–Kier alpha value is -3.81. The molecule has 14 heteroatoms. The molecule has 1 aromatic rings. The molecule has 4 heterocycles. The normalized spacial score (nSPS) is 20.8. The van der Waals surface area contributed by atoms with Crippen LogP contribution >= 0.6 is 0 Å². The average molecular weight is 495 g/mol. The third-order valence-corrected chi connectivity index (χ3v) is 5.71. The summed E-state index contributed by atoms with van der Waals surface area (Å²) >= 11 is 0. The summed E-state index contributed by atoms with van der Waals surface area (Å²) in [6.45, 7) is -0.385. The number of nitrogens with zero attached hydrogens (tertiary/aromatic N) is 3. The van der Waals surface area contributed by atoms with E-state index in [0.29, 0.717) is 31.0 Å². The fraction of sp³-hybridized carbons (Fsp3) is 0.429. The van der Waals surface area contributed by atoms with E-state index in [1.54, 1.807) is 6.08 Å². The minimum atomic E-state index is -4.55. The van der Waals surface area contributed by atoms with Gasteiger partial charge >= 0.3 is 12.2 Å². The zero-order valence-corrected chi connectivity index (χ0v) is 18.4. The first-order valence-corrected chi connectivity index (χ1v) is 10.9. The molecule has 1 aromatic heterocycles. The number of hydrogen-bond acceptors (Lipinski definition) is 7. The number of alkyl halides is 3. The Labute approximate surface area is 198 Å². The van der Waals surface area contributed by atoms with Crippen molar-refractivity contribution in [2.45, 2.75) is 24.7 Å². The summed E-state index contributed by atoms with van der Waals surface area (Å²) in [6, 6.07) is 0.939. The van der Waals surface area contributed by atoms with Gasteiger partial charge in [0.2, 0.25) is 5.91 Å². The maximum atomic E-state index is 13.3. The van der Waals surface area contributed by atoms with E-state index in [2.05, 4.69) is 20.9 Å². The van der Waals surface area contributed by atoms with Crippen molar-refractivity contribution in [3.8, 4) is 0 Å². The number of anilines is 1. The lowest BCUT2D eigenvalue weighted by Gasteiger charge is -2.40.